The fourth-order valence-corrected chi connectivity index (χ4v) is 2.82. The predicted octanol–water partition coefficient (Wildman–Crippen LogP) is 2.03. The molecule has 0 aliphatic carbocycles. The quantitative estimate of drug-likeness (QED) is 0.903. The maximum atomic E-state index is 4.55. The topological polar surface area (TPSA) is 33.1 Å². The molecule has 0 radical (unpaired) electrons. The normalized spacial score (nSPS) is 25.2. The Labute approximate surface area is 117 Å². The largest absolute Gasteiger partial charge is 0.311 e. The molecule has 1 fully saturated rings. The van der Waals surface area contributed by atoms with E-state index in [9.17, 15) is 0 Å². The number of aromatic nitrogens is 2. The Morgan fingerprint density at radius 3 is 2.84 bits per heavy atom. The Kier molecular flexibility index (Phi) is 4.63. The summed E-state index contributed by atoms with van der Waals surface area (Å²) in [5.74, 6) is 0.688. The summed E-state index contributed by atoms with van der Waals surface area (Å²) in [5, 5.41) is 8.20. The third-order valence-electron chi connectivity index (χ3n) is 4.18. The van der Waals surface area contributed by atoms with Gasteiger partial charge in [-0.15, -0.1) is 0 Å². The van der Waals surface area contributed by atoms with Crippen molar-refractivity contribution in [2.24, 2.45) is 5.92 Å². The van der Waals surface area contributed by atoms with Gasteiger partial charge in [0.25, 0.3) is 0 Å². The van der Waals surface area contributed by atoms with E-state index in [1.54, 1.807) is 0 Å². The summed E-state index contributed by atoms with van der Waals surface area (Å²) in [4.78, 5) is 2.59. The van der Waals surface area contributed by atoms with Gasteiger partial charge in [0.15, 0.2) is 0 Å². The zero-order valence-corrected chi connectivity index (χ0v) is 13.0. The van der Waals surface area contributed by atoms with Gasteiger partial charge in [0.1, 0.15) is 0 Å². The number of nitrogens with zero attached hydrogens (tertiary/aromatic N) is 3. The average molecular weight is 264 g/mol. The van der Waals surface area contributed by atoms with Gasteiger partial charge in [0.05, 0.1) is 11.4 Å². The fraction of sp³-hybridized carbons (Fsp3) is 0.800. The smallest absolute Gasteiger partial charge is 0.0597 e. The second kappa shape index (κ2) is 6.06. The Morgan fingerprint density at radius 2 is 2.21 bits per heavy atom. The van der Waals surface area contributed by atoms with Crippen molar-refractivity contribution in [2.45, 2.75) is 59.8 Å². The summed E-state index contributed by atoms with van der Waals surface area (Å²) in [6, 6.07) is 3.42. The summed E-state index contributed by atoms with van der Waals surface area (Å²) < 4.78 is 2.13. The predicted molar refractivity (Wildman–Crippen MR) is 79.1 cm³/mol. The SMILES string of the molecule is CCn1nc(C)cc1CN1CC(C(C)C)NCC1C. The van der Waals surface area contributed by atoms with Gasteiger partial charge >= 0.3 is 0 Å². The van der Waals surface area contributed by atoms with E-state index in [0.29, 0.717) is 18.0 Å². The van der Waals surface area contributed by atoms with Crippen molar-refractivity contribution >= 4 is 0 Å². The van der Waals surface area contributed by atoms with Gasteiger partial charge in [0.2, 0.25) is 0 Å². The molecular weight excluding hydrogens is 236 g/mol. The first-order chi connectivity index (χ1) is 9.01. The summed E-state index contributed by atoms with van der Waals surface area (Å²) in [5.41, 5.74) is 2.47. The molecule has 2 rings (SSSR count). The lowest BCUT2D eigenvalue weighted by molar-refractivity contribution is 0.113. The highest BCUT2D eigenvalue weighted by atomic mass is 15.3. The maximum Gasteiger partial charge on any atom is 0.0597 e. The molecule has 1 aromatic rings. The summed E-state index contributed by atoms with van der Waals surface area (Å²) >= 11 is 0. The van der Waals surface area contributed by atoms with Crippen LogP contribution in [0.4, 0.5) is 0 Å². The van der Waals surface area contributed by atoms with Crippen molar-refractivity contribution < 1.29 is 0 Å². The van der Waals surface area contributed by atoms with Crippen LogP contribution >= 0.6 is 0 Å². The van der Waals surface area contributed by atoms with Crippen LogP contribution < -0.4 is 5.32 Å². The van der Waals surface area contributed by atoms with Crippen LogP contribution in [0.1, 0.15) is 39.1 Å². The molecule has 19 heavy (non-hydrogen) atoms. The monoisotopic (exact) mass is 264 g/mol. The van der Waals surface area contributed by atoms with E-state index >= 15 is 0 Å². The number of nitrogens with one attached hydrogen (secondary N) is 1. The number of hydrogen-bond acceptors (Lipinski definition) is 3. The lowest BCUT2D eigenvalue weighted by atomic mass is 9.99. The van der Waals surface area contributed by atoms with Crippen LogP contribution in [-0.4, -0.2) is 39.9 Å². The van der Waals surface area contributed by atoms with Crippen LogP contribution in [0, 0.1) is 12.8 Å². The first-order valence-electron chi connectivity index (χ1n) is 7.52. The molecule has 1 saturated heterocycles. The van der Waals surface area contributed by atoms with Crippen LogP contribution in [0.15, 0.2) is 6.07 Å². The van der Waals surface area contributed by atoms with Crippen molar-refractivity contribution in [2.75, 3.05) is 13.1 Å². The number of aryl methyl sites for hydroxylation is 2. The number of piperazine rings is 1. The lowest BCUT2D eigenvalue weighted by Crippen LogP contribution is -2.56. The second-order valence-electron chi connectivity index (χ2n) is 6.13. The molecule has 1 N–H and O–H groups in total. The highest BCUT2D eigenvalue weighted by molar-refractivity contribution is 5.09. The molecule has 4 nitrogen and oxygen atoms in total. The Morgan fingerprint density at radius 1 is 1.47 bits per heavy atom. The van der Waals surface area contributed by atoms with Crippen LogP contribution in [0.5, 0.6) is 0 Å². The van der Waals surface area contributed by atoms with Crippen molar-refractivity contribution in [3.8, 4) is 0 Å². The van der Waals surface area contributed by atoms with Crippen molar-refractivity contribution in [1.82, 2.24) is 20.0 Å². The van der Waals surface area contributed by atoms with Crippen molar-refractivity contribution in [3.05, 3.63) is 17.5 Å². The van der Waals surface area contributed by atoms with E-state index in [0.717, 1.165) is 31.9 Å². The molecule has 2 atom stereocenters. The first-order valence-corrected chi connectivity index (χ1v) is 7.52. The van der Waals surface area contributed by atoms with Gasteiger partial charge in [-0.1, -0.05) is 13.8 Å². The molecule has 0 saturated carbocycles. The third kappa shape index (κ3) is 3.37. The van der Waals surface area contributed by atoms with E-state index in [-0.39, 0.29) is 0 Å². The number of rotatable bonds is 4. The van der Waals surface area contributed by atoms with Gasteiger partial charge < -0.3 is 5.32 Å². The summed E-state index contributed by atoms with van der Waals surface area (Å²) in [6.07, 6.45) is 0. The van der Waals surface area contributed by atoms with Gasteiger partial charge in [-0.25, -0.2) is 0 Å². The molecule has 0 bridgehead atoms. The first kappa shape index (κ1) is 14.5. The van der Waals surface area contributed by atoms with Gasteiger partial charge in [0, 0.05) is 38.3 Å². The Hall–Kier alpha value is -0.870. The van der Waals surface area contributed by atoms with E-state index < -0.39 is 0 Å². The van der Waals surface area contributed by atoms with E-state index in [1.165, 1.54) is 5.69 Å². The Bertz CT molecular complexity index is 410. The molecule has 0 amide bonds. The van der Waals surface area contributed by atoms with E-state index in [1.807, 2.05) is 0 Å². The molecule has 4 heteroatoms. The molecule has 1 aliphatic rings. The standard InChI is InChI=1S/C15H28N4/c1-6-19-14(7-12(4)17-19)9-18-10-15(11(2)3)16-8-13(18)5/h7,11,13,15-16H,6,8-10H2,1-5H3. The zero-order valence-electron chi connectivity index (χ0n) is 13.0. The summed E-state index contributed by atoms with van der Waals surface area (Å²) in [7, 11) is 0. The molecule has 2 heterocycles. The van der Waals surface area contributed by atoms with E-state index in [4.69, 9.17) is 0 Å². The number of hydrogen-bond donors (Lipinski definition) is 1. The molecule has 1 aliphatic heterocycles. The van der Waals surface area contributed by atoms with Gasteiger partial charge in [-0.05, 0) is 32.8 Å². The van der Waals surface area contributed by atoms with Crippen LogP contribution in [0.3, 0.4) is 0 Å². The van der Waals surface area contributed by atoms with Crippen LogP contribution in [-0.2, 0) is 13.1 Å². The molecule has 108 valence electrons. The highest BCUT2D eigenvalue weighted by Gasteiger charge is 2.27. The minimum absolute atomic E-state index is 0.593. The zero-order chi connectivity index (χ0) is 14.0. The van der Waals surface area contributed by atoms with Gasteiger partial charge in [-0.3, -0.25) is 9.58 Å². The molecular formula is C15H28N4. The minimum atomic E-state index is 0.593. The molecule has 1 aromatic heterocycles. The van der Waals surface area contributed by atoms with E-state index in [2.05, 4.69) is 60.7 Å². The van der Waals surface area contributed by atoms with Crippen LogP contribution in [0.2, 0.25) is 0 Å². The molecule has 2 unspecified atom stereocenters. The average Bonchev–Trinajstić information content (AvgIpc) is 2.72. The highest BCUT2D eigenvalue weighted by Crippen LogP contribution is 2.16. The maximum absolute atomic E-state index is 4.55. The minimum Gasteiger partial charge on any atom is -0.311 e. The third-order valence-corrected chi connectivity index (χ3v) is 4.18. The second-order valence-corrected chi connectivity index (χ2v) is 6.13. The van der Waals surface area contributed by atoms with Crippen molar-refractivity contribution in [1.29, 1.82) is 0 Å². The summed E-state index contributed by atoms with van der Waals surface area (Å²) in [6.45, 7) is 15.3. The van der Waals surface area contributed by atoms with Crippen LogP contribution in [0.25, 0.3) is 0 Å². The Balaban J connectivity index is 2.07. The lowest BCUT2D eigenvalue weighted by Gasteiger charge is -2.40. The molecule has 0 spiro atoms. The fourth-order valence-electron chi connectivity index (χ4n) is 2.82. The van der Waals surface area contributed by atoms with Gasteiger partial charge in [-0.2, -0.15) is 5.10 Å². The molecule has 0 aromatic carbocycles. The van der Waals surface area contributed by atoms with Crippen molar-refractivity contribution in [3.63, 3.8) is 0 Å².